The second-order valence-electron chi connectivity index (χ2n) is 5.42. The second-order valence-corrected chi connectivity index (χ2v) is 6.36. The zero-order valence-corrected chi connectivity index (χ0v) is 12.1. The first kappa shape index (κ1) is 13.2. The van der Waals surface area contributed by atoms with E-state index in [0.29, 0.717) is 0 Å². The summed E-state index contributed by atoms with van der Waals surface area (Å²) in [6, 6.07) is 10.3. The van der Waals surface area contributed by atoms with E-state index in [1.54, 1.807) is 11.3 Å². The lowest BCUT2D eigenvalue weighted by Gasteiger charge is -2.19. The van der Waals surface area contributed by atoms with Crippen molar-refractivity contribution < 1.29 is 0 Å². The van der Waals surface area contributed by atoms with Crippen molar-refractivity contribution in [2.45, 2.75) is 32.7 Å². The molecular weight excluding hydrogens is 240 g/mol. The maximum atomic E-state index is 4.68. The van der Waals surface area contributed by atoms with Crippen LogP contribution in [0.2, 0.25) is 0 Å². The first-order valence-corrected chi connectivity index (χ1v) is 7.17. The van der Waals surface area contributed by atoms with Crippen LogP contribution in [0.15, 0.2) is 35.7 Å². The number of hydrogen-bond donors (Lipinski definition) is 1. The molecule has 3 heteroatoms. The minimum absolute atomic E-state index is 0.180. The smallest absolute Gasteiger partial charge is 0.0945 e. The third kappa shape index (κ3) is 3.93. The molecule has 0 unspecified atom stereocenters. The van der Waals surface area contributed by atoms with Crippen molar-refractivity contribution in [2.24, 2.45) is 0 Å². The van der Waals surface area contributed by atoms with Gasteiger partial charge in [-0.2, -0.15) is 0 Å². The molecule has 2 aromatic rings. The van der Waals surface area contributed by atoms with Crippen LogP contribution in [0.4, 0.5) is 0 Å². The molecule has 0 bridgehead atoms. The molecule has 0 fully saturated rings. The number of nitrogens with one attached hydrogen (secondary N) is 1. The molecule has 0 amide bonds. The first-order valence-electron chi connectivity index (χ1n) is 6.29. The first-order chi connectivity index (χ1) is 8.54. The van der Waals surface area contributed by atoms with Gasteiger partial charge in [0, 0.05) is 29.4 Å². The van der Waals surface area contributed by atoms with Crippen LogP contribution in [0.25, 0.3) is 11.3 Å². The summed E-state index contributed by atoms with van der Waals surface area (Å²) in [5, 5.41) is 6.83. The van der Waals surface area contributed by atoms with Gasteiger partial charge in [0.25, 0.3) is 0 Å². The third-order valence-electron chi connectivity index (χ3n) is 2.62. The van der Waals surface area contributed by atoms with E-state index in [0.717, 1.165) is 18.7 Å². The summed E-state index contributed by atoms with van der Waals surface area (Å²) in [6.07, 6.45) is 0.995. The predicted molar refractivity (Wildman–Crippen MR) is 79.0 cm³/mol. The SMILES string of the molecule is CC(C)(C)NCCc1nc(-c2ccccc2)cs1. The molecule has 0 aliphatic heterocycles. The molecule has 1 aromatic heterocycles. The lowest BCUT2D eigenvalue weighted by molar-refractivity contribution is 0.429. The normalized spacial score (nSPS) is 11.7. The maximum Gasteiger partial charge on any atom is 0.0945 e. The molecule has 0 aliphatic rings. The van der Waals surface area contributed by atoms with Crippen LogP contribution in [0.5, 0.6) is 0 Å². The number of thiazole rings is 1. The van der Waals surface area contributed by atoms with Crippen LogP contribution in [0, 0.1) is 0 Å². The quantitative estimate of drug-likeness (QED) is 0.906. The Hall–Kier alpha value is -1.19. The van der Waals surface area contributed by atoms with Gasteiger partial charge >= 0.3 is 0 Å². The van der Waals surface area contributed by atoms with Crippen molar-refractivity contribution >= 4 is 11.3 Å². The Balaban J connectivity index is 1.95. The van der Waals surface area contributed by atoms with E-state index in [9.17, 15) is 0 Å². The summed E-state index contributed by atoms with van der Waals surface area (Å²) in [4.78, 5) is 4.68. The number of nitrogens with zero attached hydrogens (tertiary/aromatic N) is 1. The summed E-state index contributed by atoms with van der Waals surface area (Å²) >= 11 is 1.74. The molecule has 0 spiro atoms. The van der Waals surface area contributed by atoms with E-state index in [2.05, 4.69) is 60.7 Å². The van der Waals surface area contributed by atoms with Gasteiger partial charge in [0.05, 0.1) is 10.7 Å². The summed E-state index contributed by atoms with van der Waals surface area (Å²) < 4.78 is 0. The highest BCUT2D eigenvalue weighted by atomic mass is 32.1. The maximum absolute atomic E-state index is 4.68. The van der Waals surface area contributed by atoms with Crippen molar-refractivity contribution in [3.05, 3.63) is 40.7 Å². The van der Waals surface area contributed by atoms with E-state index >= 15 is 0 Å². The third-order valence-corrected chi connectivity index (χ3v) is 3.52. The number of rotatable bonds is 4. The highest BCUT2D eigenvalue weighted by molar-refractivity contribution is 7.09. The minimum Gasteiger partial charge on any atom is -0.312 e. The van der Waals surface area contributed by atoms with Crippen LogP contribution < -0.4 is 5.32 Å². The minimum atomic E-state index is 0.180. The molecule has 0 saturated carbocycles. The molecule has 2 nitrogen and oxygen atoms in total. The Morgan fingerprint density at radius 3 is 2.56 bits per heavy atom. The average Bonchev–Trinajstić information content (AvgIpc) is 2.77. The van der Waals surface area contributed by atoms with Crippen molar-refractivity contribution in [3.63, 3.8) is 0 Å². The number of benzene rings is 1. The number of hydrogen-bond acceptors (Lipinski definition) is 3. The van der Waals surface area contributed by atoms with Crippen molar-refractivity contribution in [1.29, 1.82) is 0 Å². The fraction of sp³-hybridized carbons (Fsp3) is 0.400. The van der Waals surface area contributed by atoms with Crippen molar-refractivity contribution in [1.82, 2.24) is 10.3 Å². The van der Waals surface area contributed by atoms with Crippen LogP contribution >= 0.6 is 11.3 Å². The molecule has 1 aromatic carbocycles. The standard InChI is InChI=1S/C15H20N2S/c1-15(2,3)16-10-9-14-17-13(11-18-14)12-7-5-4-6-8-12/h4-8,11,16H,9-10H2,1-3H3. The molecule has 1 heterocycles. The molecule has 96 valence electrons. The summed E-state index contributed by atoms with van der Waals surface area (Å²) in [6.45, 7) is 7.53. The van der Waals surface area contributed by atoms with E-state index in [1.165, 1.54) is 10.6 Å². The van der Waals surface area contributed by atoms with Gasteiger partial charge < -0.3 is 5.32 Å². The zero-order valence-electron chi connectivity index (χ0n) is 11.2. The van der Waals surface area contributed by atoms with Crippen LogP contribution in [-0.2, 0) is 6.42 Å². The predicted octanol–water partition coefficient (Wildman–Crippen LogP) is 3.74. The highest BCUT2D eigenvalue weighted by Crippen LogP contribution is 2.21. The molecule has 0 radical (unpaired) electrons. The molecule has 18 heavy (non-hydrogen) atoms. The van der Waals surface area contributed by atoms with Gasteiger partial charge in [-0.1, -0.05) is 30.3 Å². The Labute approximate surface area is 113 Å². The molecular formula is C15H20N2S. The van der Waals surface area contributed by atoms with Gasteiger partial charge in [-0.15, -0.1) is 11.3 Å². The topological polar surface area (TPSA) is 24.9 Å². The molecule has 0 saturated heterocycles. The molecule has 0 atom stereocenters. The monoisotopic (exact) mass is 260 g/mol. The Bertz CT molecular complexity index is 483. The summed E-state index contributed by atoms with van der Waals surface area (Å²) in [5.41, 5.74) is 2.47. The fourth-order valence-electron chi connectivity index (χ4n) is 1.71. The summed E-state index contributed by atoms with van der Waals surface area (Å²) in [5.74, 6) is 0. The van der Waals surface area contributed by atoms with Gasteiger partial charge in [-0.25, -0.2) is 4.98 Å². The zero-order chi connectivity index (χ0) is 13.0. The van der Waals surface area contributed by atoms with E-state index < -0.39 is 0 Å². The second kappa shape index (κ2) is 5.63. The lowest BCUT2D eigenvalue weighted by atomic mass is 10.1. The van der Waals surface area contributed by atoms with Crippen LogP contribution in [0.1, 0.15) is 25.8 Å². The Morgan fingerprint density at radius 1 is 1.17 bits per heavy atom. The highest BCUT2D eigenvalue weighted by Gasteiger charge is 2.09. The van der Waals surface area contributed by atoms with Gasteiger partial charge in [-0.05, 0) is 20.8 Å². The van der Waals surface area contributed by atoms with E-state index in [-0.39, 0.29) is 5.54 Å². The Morgan fingerprint density at radius 2 is 1.89 bits per heavy atom. The van der Waals surface area contributed by atoms with E-state index in [4.69, 9.17) is 0 Å². The van der Waals surface area contributed by atoms with Crippen molar-refractivity contribution in [2.75, 3.05) is 6.54 Å². The van der Waals surface area contributed by atoms with E-state index in [1.807, 2.05) is 6.07 Å². The van der Waals surface area contributed by atoms with Gasteiger partial charge in [-0.3, -0.25) is 0 Å². The molecule has 2 rings (SSSR count). The number of aromatic nitrogens is 1. The largest absolute Gasteiger partial charge is 0.312 e. The molecule has 1 N–H and O–H groups in total. The fourth-order valence-corrected chi connectivity index (χ4v) is 2.52. The Kier molecular flexibility index (Phi) is 4.15. The van der Waals surface area contributed by atoms with Crippen molar-refractivity contribution in [3.8, 4) is 11.3 Å². The molecule has 0 aliphatic carbocycles. The van der Waals surface area contributed by atoms with Gasteiger partial charge in [0.1, 0.15) is 0 Å². The van der Waals surface area contributed by atoms with Crippen LogP contribution in [-0.4, -0.2) is 17.1 Å². The lowest BCUT2D eigenvalue weighted by Crippen LogP contribution is -2.37. The average molecular weight is 260 g/mol. The van der Waals surface area contributed by atoms with Crippen LogP contribution in [0.3, 0.4) is 0 Å². The van der Waals surface area contributed by atoms with Gasteiger partial charge in [0.15, 0.2) is 0 Å². The summed E-state index contributed by atoms with van der Waals surface area (Å²) in [7, 11) is 0. The van der Waals surface area contributed by atoms with Gasteiger partial charge in [0.2, 0.25) is 0 Å².